The highest BCUT2D eigenvalue weighted by atomic mass is 16.6. The highest BCUT2D eigenvalue weighted by molar-refractivity contribution is 5.96. The Hall–Kier alpha value is -5.70. The van der Waals surface area contributed by atoms with E-state index in [1.165, 1.54) is 32.9 Å². The zero-order chi connectivity index (χ0) is 45.6. The number of ether oxygens (including phenoxy) is 6. The molecule has 14 nitrogen and oxygen atoms in total. The first-order valence-electron chi connectivity index (χ1n) is 21.2. The Labute approximate surface area is 365 Å². The van der Waals surface area contributed by atoms with Crippen LogP contribution in [0.15, 0.2) is 96.1 Å². The molecule has 14 heteroatoms. The van der Waals surface area contributed by atoms with Crippen LogP contribution in [0.25, 0.3) is 0 Å². The lowest BCUT2D eigenvalue weighted by Gasteiger charge is -2.67. The molecule has 1 unspecified atom stereocenters. The number of esters is 5. The summed E-state index contributed by atoms with van der Waals surface area (Å²) < 4.78 is 36.7. The summed E-state index contributed by atoms with van der Waals surface area (Å²) >= 11 is 0. The summed E-state index contributed by atoms with van der Waals surface area (Å²) in [6.07, 6.45) is -8.34. The molecule has 2 saturated carbocycles. The van der Waals surface area contributed by atoms with E-state index in [-0.39, 0.29) is 43.4 Å². The zero-order valence-corrected chi connectivity index (χ0v) is 36.5. The van der Waals surface area contributed by atoms with Gasteiger partial charge in [0.1, 0.15) is 36.1 Å². The van der Waals surface area contributed by atoms with Crippen LogP contribution in [0.2, 0.25) is 0 Å². The van der Waals surface area contributed by atoms with Crippen molar-refractivity contribution in [2.24, 2.45) is 16.7 Å². The van der Waals surface area contributed by atoms with Gasteiger partial charge in [0.2, 0.25) is 0 Å². The number of hydrogen-bond donors (Lipinski definition) is 2. The smallest absolute Gasteiger partial charge is 0.338 e. The molecule has 7 rings (SSSR count). The molecule has 334 valence electrons. The molecule has 2 bridgehead atoms. The van der Waals surface area contributed by atoms with E-state index in [0.717, 1.165) is 18.1 Å². The number of aliphatic hydroxyl groups is 2. The molecule has 0 radical (unpaired) electrons. The minimum absolute atomic E-state index is 0.107. The van der Waals surface area contributed by atoms with Crippen molar-refractivity contribution in [3.8, 4) is 0 Å². The summed E-state index contributed by atoms with van der Waals surface area (Å²) in [6, 6.07) is 24.3. The molecule has 4 aliphatic rings. The molecule has 1 heterocycles. The highest BCUT2D eigenvalue weighted by Gasteiger charge is 2.79. The van der Waals surface area contributed by atoms with E-state index in [4.69, 9.17) is 28.4 Å². The van der Waals surface area contributed by atoms with Gasteiger partial charge in [-0.25, -0.2) is 4.79 Å². The molecular formula is C49H54O14. The summed E-state index contributed by atoms with van der Waals surface area (Å²) in [5, 5.41) is 24.5. The quantitative estimate of drug-likeness (QED) is 0.139. The van der Waals surface area contributed by atoms with Gasteiger partial charge in [0.05, 0.1) is 23.5 Å². The lowest BCUT2D eigenvalue weighted by atomic mass is 9.44. The predicted octanol–water partition coefficient (Wildman–Crippen LogP) is 5.49. The number of benzene rings is 3. The van der Waals surface area contributed by atoms with Crippen molar-refractivity contribution < 1.29 is 67.4 Å². The van der Waals surface area contributed by atoms with Crippen LogP contribution in [0.5, 0.6) is 0 Å². The summed E-state index contributed by atoms with van der Waals surface area (Å²) in [4.78, 5) is 83.1. The number of carbonyl (C=O) groups is 6. The van der Waals surface area contributed by atoms with Crippen molar-refractivity contribution in [1.29, 1.82) is 0 Å². The topological polar surface area (TPSA) is 198 Å². The van der Waals surface area contributed by atoms with Gasteiger partial charge in [0, 0.05) is 45.4 Å². The maximum Gasteiger partial charge on any atom is 0.338 e. The molecule has 0 spiro atoms. The third kappa shape index (κ3) is 7.97. The minimum atomic E-state index is -2.25. The van der Waals surface area contributed by atoms with E-state index < -0.39 is 100 Å². The largest absolute Gasteiger partial charge is 0.461 e. The Kier molecular flexibility index (Phi) is 12.3. The van der Waals surface area contributed by atoms with E-state index in [0.29, 0.717) is 11.1 Å². The van der Waals surface area contributed by atoms with Crippen LogP contribution in [0.1, 0.15) is 101 Å². The van der Waals surface area contributed by atoms with Crippen LogP contribution < -0.4 is 0 Å². The van der Waals surface area contributed by atoms with E-state index in [9.17, 15) is 34.2 Å². The van der Waals surface area contributed by atoms with Crippen molar-refractivity contribution in [2.75, 3.05) is 6.61 Å². The molecule has 1 saturated heterocycles. The third-order valence-corrected chi connectivity index (χ3v) is 13.8. The van der Waals surface area contributed by atoms with Crippen molar-refractivity contribution in [1.82, 2.24) is 0 Å². The average Bonchev–Trinajstić information content (AvgIpc) is 3.23. The monoisotopic (exact) mass is 866 g/mol. The Morgan fingerprint density at radius 2 is 1.40 bits per heavy atom. The van der Waals surface area contributed by atoms with Crippen LogP contribution >= 0.6 is 0 Å². The van der Waals surface area contributed by atoms with Gasteiger partial charge in [-0.3, -0.25) is 24.0 Å². The number of aliphatic hydroxyl groups excluding tert-OH is 1. The number of Topliss-reactive ketones (excluding diaryl/α,β-unsaturated/α-hetero) is 1. The van der Waals surface area contributed by atoms with Crippen molar-refractivity contribution in [3.63, 3.8) is 0 Å². The minimum Gasteiger partial charge on any atom is -0.461 e. The molecule has 3 fully saturated rings. The number of aryl methyl sites for hydroxylation is 1. The molecule has 10 atom stereocenters. The van der Waals surface area contributed by atoms with Crippen molar-refractivity contribution in [3.05, 3.63) is 118 Å². The molecule has 0 amide bonds. The van der Waals surface area contributed by atoms with Crippen LogP contribution in [0.4, 0.5) is 0 Å². The standard InChI is InChI=1S/C49H54O14/c1-27-35(59-28(2)50)25-49(57)44(62-45(56)34-16-12-9-13-17-34)42-47(7,43(55)41(60-29(3)51)39(27)46(49,5)6)36(24-37-48(42,26-58-37)63-30(4)52)61-38(53)23-20-31-18-21-33(22-19-31)40(54)32-14-10-8-11-15-32/h8-19,21-22,35-37,40-42,44,54,57H,20,23-26H2,1-7H3/t35-,36-,37+,40?,41+,42-,44-,47+,48-,49+/m0/s1. The number of hydrogen-bond acceptors (Lipinski definition) is 14. The normalized spacial score (nSPS) is 31.0. The van der Waals surface area contributed by atoms with Gasteiger partial charge in [0.15, 0.2) is 17.5 Å². The Balaban J connectivity index is 1.34. The first-order valence-corrected chi connectivity index (χ1v) is 21.2. The molecule has 3 aromatic rings. The predicted molar refractivity (Wildman–Crippen MR) is 223 cm³/mol. The van der Waals surface area contributed by atoms with Gasteiger partial charge in [-0.1, -0.05) is 86.6 Å². The highest BCUT2D eigenvalue weighted by Crippen LogP contribution is 2.65. The fourth-order valence-electron chi connectivity index (χ4n) is 10.5. The lowest BCUT2D eigenvalue weighted by Crippen LogP contribution is -2.82. The number of carbonyl (C=O) groups excluding carboxylic acids is 6. The van der Waals surface area contributed by atoms with E-state index in [1.54, 1.807) is 63.2 Å². The van der Waals surface area contributed by atoms with Gasteiger partial charge in [-0.2, -0.15) is 0 Å². The van der Waals surface area contributed by atoms with Crippen LogP contribution in [0, 0.1) is 16.7 Å². The van der Waals surface area contributed by atoms with Gasteiger partial charge in [0.25, 0.3) is 0 Å². The third-order valence-electron chi connectivity index (χ3n) is 13.8. The summed E-state index contributed by atoms with van der Waals surface area (Å²) in [5.41, 5.74) is -4.87. The maximum absolute atomic E-state index is 15.9. The van der Waals surface area contributed by atoms with Crippen molar-refractivity contribution in [2.45, 2.75) is 122 Å². The first kappa shape index (κ1) is 45.3. The SMILES string of the molecule is CC(=O)O[C@H]1C(=O)[C@]2(C)[C@@H](OC(=O)CCc3ccc(C(O)c4ccccc4)cc3)C[C@H]3OC[C@@]3(OC(C)=O)[C@H]2[C@H](OC(=O)c2ccccc2)[C@]2(O)C[C@H](OC(C)=O)C(C)=C1C2(C)C. The molecule has 63 heavy (non-hydrogen) atoms. The second-order valence-corrected chi connectivity index (χ2v) is 17.9. The first-order chi connectivity index (χ1) is 29.7. The zero-order valence-electron chi connectivity index (χ0n) is 36.5. The fraction of sp³-hybridized carbons (Fsp3) is 0.469. The lowest BCUT2D eigenvalue weighted by molar-refractivity contribution is -0.346. The number of ketones is 1. The van der Waals surface area contributed by atoms with E-state index in [1.807, 2.05) is 30.3 Å². The van der Waals surface area contributed by atoms with Gasteiger partial charge >= 0.3 is 29.8 Å². The number of fused-ring (bicyclic) bond motifs is 5. The second kappa shape index (κ2) is 17.1. The summed E-state index contributed by atoms with van der Waals surface area (Å²) in [6.45, 7) is 9.55. The van der Waals surface area contributed by atoms with E-state index in [2.05, 4.69) is 0 Å². The molecule has 0 aromatic heterocycles. The molecule has 1 aliphatic heterocycles. The van der Waals surface area contributed by atoms with Crippen LogP contribution in [0.3, 0.4) is 0 Å². The Morgan fingerprint density at radius 3 is 1.97 bits per heavy atom. The number of rotatable bonds is 11. The summed E-state index contributed by atoms with van der Waals surface area (Å²) in [5.74, 6) is -6.18. The molecule has 3 aromatic carbocycles. The average molecular weight is 867 g/mol. The summed E-state index contributed by atoms with van der Waals surface area (Å²) in [7, 11) is 0. The Bertz CT molecular complexity index is 2300. The molecule has 3 aliphatic carbocycles. The van der Waals surface area contributed by atoms with Crippen molar-refractivity contribution >= 4 is 35.6 Å². The Morgan fingerprint density at radius 1 is 0.794 bits per heavy atom. The molecule has 2 N–H and O–H groups in total. The van der Waals surface area contributed by atoms with Gasteiger partial charge < -0.3 is 38.6 Å². The fourth-order valence-corrected chi connectivity index (χ4v) is 10.5. The maximum atomic E-state index is 15.9. The van der Waals surface area contributed by atoms with Crippen LogP contribution in [-0.2, 0) is 58.8 Å². The van der Waals surface area contributed by atoms with E-state index >= 15 is 4.79 Å². The second-order valence-electron chi connectivity index (χ2n) is 17.9. The van der Waals surface area contributed by atoms with Gasteiger partial charge in [-0.15, -0.1) is 0 Å². The molecular weight excluding hydrogens is 813 g/mol. The van der Waals surface area contributed by atoms with Gasteiger partial charge in [-0.05, 0) is 60.2 Å². The van der Waals surface area contributed by atoms with Crippen LogP contribution in [-0.4, -0.2) is 94.2 Å².